The summed E-state index contributed by atoms with van der Waals surface area (Å²) in [5, 5.41) is 5.51. The lowest BCUT2D eigenvalue weighted by molar-refractivity contribution is -0.142. The zero-order valence-electron chi connectivity index (χ0n) is 11.7. The number of hydrogen-bond acceptors (Lipinski definition) is 5. The molecule has 2 amide bonds. The number of rotatable bonds is 3. The van der Waals surface area contributed by atoms with Gasteiger partial charge >= 0.3 is 0 Å². The van der Waals surface area contributed by atoms with Crippen molar-refractivity contribution in [3.8, 4) is 0 Å². The first-order valence-corrected chi connectivity index (χ1v) is 7.95. The van der Waals surface area contributed by atoms with Crippen molar-refractivity contribution >= 4 is 21.7 Å². The molecule has 7 nitrogen and oxygen atoms in total. The molecule has 0 aromatic rings. The molecule has 1 aliphatic heterocycles. The normalized spacial score (nSPS) is 21.1. The summed E-state index contributed by atoms with van der Waals surface area (Å²) in [6, 6.07) is -0.674. The molecule has 1 rings (SSSR count). The van der Waals surface area contributed by atoms with E-state index in [1.54, 1.807) is 0 Å². The molecule has 1 heterocycles. The summed E-state index contributed by atoms with van der Waals surface area (Å²) >= 11 is 0. The lowest BCUT2D eigenvalue weighted by Crippen LogP contribution is -2.63. The van der Waals surface area contributed by atoms with Crippen molar-refractivity contribution in [2.45, 2.75) is 24.6 Å². The minimum absolute atomic E-state index is 0.301. The number of piperazine rings is 1. The van der Waals surface area contributed by atoms with E-state index in [1.807, 2.05) is 0 Å². The first-order valence-electron chi connectivity index (χ1n) is 6.06. The molecular formula is C11H21N3O4S. The van der Waals surface area contributed by atoms with E-state index in [0.29, 0.717) is 19.6 Å². The van der Waals surface area contributed by atoms with Crippen molar-refractivity contribution in [3.63, 3.8) is 0 Å². The molecule has 0 spiro atoms. The summed E-state index contributed by atoms with van der Waals surface area (Å²) < 4.78 is 21.9. The van der Waals surface area contributed by atoms with Gasteiger partial charge in [0, 0.05) is 32.9 Å². The van der Waals surface area contributed by atoms with E-state index in [4.69, 9.17) is 0 Å². The number of carbonyl (C=O) groups is 2. The largest absolute Gasteiger partial charge is 0.357 e. The van der Waals surface area contributed by atoms with E-state index < -0.39 is 26.5 Å². The monoisotopic (exact) mass is 291 g/mol. The molecule has 0 bridgehead atoms. The second-order valence-corrected chi connectivity index (χ2v) is 7.68. The molecule has 0 saturated carbocycles. The van der Waals surface area contributed by atoms with Crippen LogP contribution in [-0.2, 0) is 19.4 Å². The highest BCUT2D eigenvalue weighted by Crippen LogP contribution is 2.21. The molecule has 0 radical (unpaired) electrons. The van der Waals surface area contributed by atoms with E-state index in [1.165, 1.54) is 25.8 Å². The van der Waals surface area contributed by atoms with Crippen molar-refractivity contribution in [1.82, 2.24) is 15.5 Å². The smallest absolute Gasteiger partial charge is 0.244 e. The molecule has 8 heteroatoms. The van der Waals surface area contributed by atoms with Crippen molar-refractivity contribution in [1.29, 1.82) is 0 Å². The summed E-state index contributed by atoms with van der Waals surface area (Å²) in [6.45, 7) is 3.92. The Balaban J connectivity index is 3.05. The van der Waals surface area contributed by atoms with Crippen LogP contribution in [0.2, 0.25) is 0 Å². The average molecular weight is 291 g/mol. The Morgan fingerprint density at radius 2 is 1.95 bits per heavy atom. The molecule has 110 valence electrons. The van der Waals surface area contributed by atoms with Gasteiger partial charge in [-0.05, 0) is 13.8 Å². The molecule has 1 fully saturated rings. The predicted molar refractivity (Wildman–Crippen MR) is 71.4 cm³/mol. The minimum Gasteiger partial charge on any atom is -0.357 e. The van der Waals surface area contributed by atoms with Gasteiger partial charge in [-0.1, -0.05) is 0 Å². The minimum atomic E-state index is -3.55. The highest BCUT2D eigenvalue weighted by Gasteiger charge is 2.45. The fourth-order valence-electron chi connectivity index (χ4n) is 1.85. The first kappa shape index (κ1) is 15.9. The molecule has 1 atom stereocenters. The Labute approximate surface area is 113 Å². The van der Waals surface area contributed by atoms with Gasteiger partial charge < -0.3 is 15.5 Å². The Morgan fingerprint density at radius 1 is 1.37 bits per heavy atom. The maximum absolute atomic E-state index is 12.4. The standard InChI is InChI=1S/C11H21N3O4S/c1-11(2,19(4,17)18)10(16)14-6-5-13-7-8(14)9(15)12-3/h8,13H,5-7H2,1-4H3,(H,12,15). The molecule has 2 N–H and O–H groups in total. The maximum Gasteiger partial charge on any atom is 0.244 e. The van der Waals surface area contributed by atoms with Crippen LogP contribution in [0.4, 0.5) is 0 Å². The summed E-state index contributed by atoms with van der Waals surface area (Å²) in [5.74, 6) is -0.838. The zero-order chi connectivity index (χ0) is 14.8. The molecule has 1 unspecified atom stereocenters. The van der Waals surface area contributed by atoms with Crippen molar-refractivity contribution in [3.05, 3.63) is 0 Å². The van der Waals surface area contributed by atoms with Gasteiger partial charge in [-0.2, -0.15) is 0 Å². The summed E-state index contributed by atoms with van der Waals surface area (Å²) in [5.41, 5.74) is 0. The van der Waals surface area contributed by atoms with E-state index in [2.05, 4.69) is 10.6 Å². The van der Waals surface area contributed by atoms with Gasteiger partial charge in [-0.15, -0.1) is 0 Å². The van der Waals surface area contributed by atoms with Crippen molar-refractivity contribution in [2.24, 2.45) is 0 Å². The first-order chi connectivity index (χ1) is 8.63. The number of sulfone groups is 1. The fourth-order valence-corrected chi connectivity index (χ4v) is 2.29. The number of amides is 2. The van der Waals surface area contributed by atoms with Crippen molar-refractivity contribution in [2.75, 3.05) is 32.9 Å². The second kappa shape index (κ2) is 5.46. The third-order valence-electron chi connectivity index (χ3n) is 3.50. The highest BCUT2D eigenvalue weighted by molar-refractivity contribution is 7.92. The molecule has 1 saturated heterocycles. The van der Waals surface area contributed by atoms with E-state index in [-0.39, 0.29) is 5.91 Å². The molecule has 0 aliphatic carbocycles. The Morgan fingerprint density at radius 3 is 2.42 bits per heavy atom. The van der Waals surface area contributed by atoms with Gasteiger partial charge in [0.1, 0.15) is 10.8 Å². The highest BCUT2D eigenvalue weighted by atomic mass is 32.2. The molecule has 0 aromatic heterocycles. The quantitative estimate of drug-likeness (QED) is 0.650. The van der Waals surface area contributed by atoms with Crippen LogP contribution in [0.3, 0.4) is 0 Å². The van der Waals surface area contributed by atoms with Gasteiger partial charge in [-0.25, -0.2) is 8.42 Å². The average Bonchev–Trinajstić information content (AvgIpc) is 2.35. The van der Waals surface area contributed by atoms with Crippen LogP contribution in [0.15, 0.2) is 0 Å². The van der Waals surface area contributed by atoms with Gasteiger partial charge in [0.15, 0.2) is 9.84 Å². The molecule has 1 aliphatic rings. The molecule has 19 heavy (non-hydrogen) atoms. The maximum atomic E-state index is 12.4. The third kappa shape index (κ3) is 3.06. The summed E-state index contributed by atoms with van der Waals surface area (Å²) in [7, 11) is -2.06. The van der Waals surface area contributed by atoms with Gasteiger partial charge in [0.2, 0.25) is 11.8 Å². The van der Waals surface area contributed by atoms with Gasteiger partial charge in [-0.3, -0.25) is 9.59 Å². The lowest BCUT2D eigenvalue weighted by Gasteiger charge is -2.38. The third-order valence-corrected chi connectivity index (χ3v) is 5.52. The van der Waals surface area contributed by atoms with Crippen LogP contribution in [0.5, 0.6) is 0 Å². The Hall–Kier alpha value is -1.15. The van der Waals surface area contributed by atoms with E-state index in [9.17, 15) is 18.0 Å². The van der Waals surface area contributed by atoms with Crippen LogP contribution in [-0.4, -0.2) is 68.9 Å². The van der Waals surface area contributed by atoms with Crippen LogP contribution < -0.4 is 10.6 Å². The Kier molecular flexibility index (Phi) is 4.57. The van der Waals surface area contributed by atoms with Crippen molar-refractivity contribution < 1.29 is 18.0 Å². The van der Waals surface area contributed by atoms with Crippen LogP contribution in [0.25, 0.3) is 0 Å². The van der Waals surface area contributed by atoms with E-state index in [0.717, 1.165) is 6.26 Å². The number of hydrogen-bond donors (Lipinski definition) is 2. The fraction of sp³-hybridized carbons (Fsp3) is 0.818. The van der Waals surface area contributed by atoms with Crippen LogP contribution in [0, 0.1) is 0 Å². The molecule has 0 aromatic carbocycles. The van der Waals surface area contributed by atoms with Crippen LogP contribution >= 0.6 is 0 Å². The lowest BCUT2D eigenvalue weighted by atomic mass is 10.1. The van der Waals surface area contributed by atoms with Gasteiger partial charge in [0.05, 0.1) is 0 Å². The number of nitrogens with zero attached hydrogens (tertiary/aromatic N) is 1. The Bertz CT molecular complexity index is 472. The SMILES string of the molecule is CNC(=O)C1CNCCN1C(=O)C(C)(C)S(C)(=O)=O. The number of carbonyl (C=O) groups excluding carboxylic acids is 2. The number of likely N-dealkylation sites (N-methyl/N-ethyl adjacent to an activating group) is 1. The molecular weight excluding hydrogens is 270 g/mol. The van der Waals surface area contributed by atoms with E-state index >= 15 is 0 Å². The summed E-state index contributed by atoms with van der Waals surface area (Å²) in [6.07, 6.45) is 1.03. The topological polar surface area (TPSA) is 95.6 Å². The zero-order valence-corrected chi connectivity index (χ0v) is 12.5. The summed E-state index contributed by atoms with van der Waals surface area (Å²) in [4.78, 5) is 25.5. The van der Waals surface area contributed by atoms with Crippen LogP contribution in [0.1, 0.15) is 13.8 Å². The number of nitrogens with one attached hydrogen (secondary N) is 2. The second-order valence-electron chi connectivity index (χ2n) is 5.12. The predicted octanol–water partition coefficient (Wildman–Crippen LogP) is -1.64. The van der Waals surface area contributed by atoms with Gasteiger partial charge in [0.25, 0.3) is 0 Å².